The van der Waals surface area contributed by atoms with Crippen LogP contribution in [0.2, 0.25) is 5.02 Å². The Morgan fingerprint density at radius 3 is 2.86 bits per heavy atom. The molecular weight excluding hydrogens is 286 g/mol. The van der Waals surface area contributed by atoms with Gasteiger partial charge in [0.2, 0.25) is 5.91 Å². The molecule has 2 rings (SSSR count). The maximum absolute atomic E-state index is 11.9. The Balaban J connectivity index is 2.02. The van der Waals surface area contributed by atoms with Gasteiger partial charge in [0, 0.05) is 42.5 Å². The van der Waals surface area contributed by atoms with E-state index in [-0.39, 0.29) is 5.91 Å². The summed E-state index contributed by atoms with van der Waals surface area (Å²) >= 11 is 6.33. The summed E-state index contributed by atoms with van der Waals surface area (Å²) in [6.07, 6.45) is 3.44. The fourth-order valence-corrected chi connectivity index (χ4v) is 2.47. The summed E-state index contributed by atoms with van der Waals surface area (Å²) in [4.78, 5) is 13.8. The number of carbonyl (C=O) groups is 1. The van der Waals surface area contributed by atoms with Gasteiger partial charge in [-0.2, -0.15) is 0 Å². The predicted octanol–water partition coefficient (Wildman–Crippen LogP) is 2.55. The monoisotopic (exact) mass is 309 g/mol. The Labute approximate surface area is 131 Å². The molecule has 4 nitrogen and oxygen atoms in total. The number of nitrogens with zero attached hydrogens (tertiary/aromatic N) is 1. The van der Waals surface area contributed by atoms with Crippen LogP contribution in [0.25, 0.3) is 0 Å². The van der Waals surface area contributed by atoms with Crippen LogP contribution in [0.5, 0.6) is 0 Å². The Hall–Kier alpha value is -1.26. The highest BCUT2D eigenvalue weighted by Gasteiger charge is 2.21. The Kier molecular flexibility index (Phi) is 5.88. The summed E-state index contributed by atoms with van der Waals surface area (Å²) in [6, 6.07) is 6.48. The zero-order valence-corrected chi connectivity index (χ0v) is 13.5. The number of carbonyl (C=O) groups excluding carboxylic acids is 1. The first-order valence-corrected chi connectivity index (χ1v) is 7.98. The molecule has 2 N–H and O–H groups in total. The Bertz CT molecular complexity index is 488. The van der Waals surface area contributed by atoms with Crippen LogP contribution in [0, 0.1) is 0 Å². The van der Waals surface area contributed by atoms with Crippen molar-refractivity contribution in [2.24, 2.45) is 0 Å². The van der Waals surface area contributed by atoms with E-state index in [0.29, 0.717) is 12.6 Å². The second-order valence-corrected chi connectivity index (χ2v) is 6.01. The van der Waals surface area contributed by atoms with Crippen molar-refractivity contribution < 1.29 is 4.79 Å². The van der Waals surface area contributed by atoms with Gasteiger partial charge in [-0.3, -0.25) is 4.79 Å². The molecule has 0 spiro atoms. The third-order valence-corrected chi connectivity index (χ3v) is 3.96. The molecule has 0 saturated heterocycles. The lowest BCUT2D eigenvalue weighted by Gasteiger charge is -2.23. The largest absolute Gasteiger partial charge is 0.365 e. The second kappa shape index (κ2) is 7.66. The van der Waals surface area contributed by atoms with Gasteiger partial charge in [0.1, 0.15) is 0 Å². The molecule has 21 heavy (non-hydrogen) atoms. The zero-order chi connectivity index (χ0) is 15.2. The molecular formula is C16H24ClN3O. The Morgan fingerprint density at radius 2 is 2.19 bits per heavy atom. The van der Waals surface area contributed by atoms with E-state index >= 15 is 0 Å². The van der Waals surface area contributed by atoms with Crippen LogP contribution in [0.1, 0.15) is 31.7 Å². The number of likely N-dealkylation sites (N-methyl/N-ethyl adjacent to an activating group) is 1. The molecule has 1 aliphatic carbocycles. The summed E-state index contributed by atoms with van der Waals surface area (Å²) in [6.45, 7) is 3.86. The Morgan fingerprint density at radius 1 is 1.43 bits per heavy atom. The zero-order valence-electron chi connectivity index (χ0n) is 12.8. The molecule has 1 aromatic carbocycles. The first kappa shape index (κ1) is 16.1. The molecule has 0 aliphatic heterocycles. The number of rotatable bonds is 8. The SMILES string of the molecule is CCCNC(=O)CN(C)c1cccc(Cl)c1CNC1CC1. The average Bonchev–Trinajstić information content (AvgIpc) is 3.27. The van der Waals surface area contributed by atoms with Crippen LogP contribution in [-0.4, -0.2) is 32.1 Å². The van der Waals surface area contributed by atoms with E-state index < -0.39 is 0 Å². The first-order chi connectivity index (χ1) is 10.1. The van der Waals surface area contributed by atoms with E-state index in [9.17, 15) is 4.79 Å². The normalized spacial score (nSPS) is 14.0. The van der Waals surface area contributed by atoms with Gasteiger partial charge in [0.05, 0.1) is 6.54 Å². The molecule has 1 aromatic rings. The molecule has 0 unspecified atom stereocenters. The molecule has 0 atom stereocenters. The van der Waals surface area contributed by atoms with E-state index in [1.165, 1.54) is 12.8 Å². The summed E-state index contributed by atoms with van der Waals surface area (Å²) in [5.74, 6) is 0.0421. The molecule has 5 heteroatoms. The molecule has 1 aliphatic rings. The molecule has 116 valence electrons. The van der Waals surface area contributed by atoms with E-state index in [4.69, 9.17) is 11.6 Å². The van der Waals surface area contributed by atoms with E-state index in [1.807, 2.05) is 37.1 Å². The minimum Gasteiger partial charge on any atom is -0.365 e. The smallest absolute Gasteiger partial charge is 0.239 e. The van der Waals surface area contributed by atoms with E-state index in [2.05, 4.69) is 10.6 Å². The topological polar surface area (TPSA) is 44.4 Å². The lowest BCUT2D eigenvalue weighted by molar-refractivity contribution is -0.119. The van der Waals surface area contributed by atoms with Crippen LogP contribution in [0.15, 0.2) is 18.2 Å². The standard InChI is InChI=1S/C16H24ClN3O/c1-3-9-18-16(21)11-20(2)15-6-4-5-14(17)13(15)10-19-12-7-8-12/h4-6,12,19H,3,7-11H2,1-2H3,(H,18,21). The van der Waals surface area contributed by atoms with Crippen molar-refractivity contribution in [3.63, 3.8) is 0 Å². The molecule has 0 radical (unpaired) electrons. The fourth-order valence-electron chi connectivity index (χ4n) is 2.23. The van der Waals surface area contributed by atoms with Crippen LogP contribution in [-0.2, 0) is 11.3 Å². The number of benzene rings is 1. The summed E-state index contributed by atoms with van der Waals surface area (Å²) in [5, 5.41) is 7.13. The van der Waals surface area contributed by atoms with Gasteiger partial charge in [0.25, 0.3) is 0 Å². The lowest BCUT2D eigenvalue weighted by atomic mass is 10.1. The predicted molar refractivity (Wildman–Crippen MR) is 87.9 cm³/mol. The minimum absolute atomic E-state index is 0.0421. The number of anilines is 1. The third-order valence-electron chi connectivity index (χ3n) is 3.60. The first-order valence-electron chi connectivity index (χ1n) is 7.60. The van der Waals surface area contributed by atoms with Crippen molar-refractivity contribution in [1.82, 2.24) is 10.6 Å². The van der Waals surface area contributed by atoms with E-state index in [1.54, 1.807) is 0 Å². The minimum atomic E-state index is 0.0421. The molecule has 1 fully saturated rings. The number of hydrogen-bond donors (Lipinski definition) is 2. The number of amides is 1. The highest BCUT2D eigenvalue weighted by Crippen LogP contribution is 2.28. The maximum Gasteiger partial charge on any atom is 0.239 e. The third kappa shape index (κ3) is 4.90. The van der Waals surface area contributed by atoms with Crippen molar-refractivity contribution in [3.05, 3.63) is 28.8 Å². The quantitative estimate of drug-likeness (QED) is 0.775. The highest BCUT2D eigenvalue weighted by atomic mass is 35.5. The number of halogens is 1. The van der Waals surface area contributed by atoms with Gasteiger partial charge in [-0.1, -0.05) is 24.6 Å². The van der Waals surface area contributed by atoms with Crippen LogP contribution in [0.3, 0.4) is 0 Å². The summed E-state index contributed by atoms with van der Waals surface area (Å²) in [5.41, 5.74) is 2.08. The molecule has 0 aromatic heterocycles. The maximum atomic E-state index is 11.9. The molecule has 0 bridgehead atoms. The summed E-state index contributed by atoms with van der Waals surface area (Å²) in [7, 11) is 1.93. The fraction of sp³-hybridized carbons (Fsp3) is 0.562. The van der Waals surface area contributed by atoms with E-state index in [0.717, 1.165) is 35.8 Å². The van der Waals surface area contributed by atoms with Crippen molar-refractivity contribution >= 4 is 23.2 Å². The van der Waals surface area contributed by atoms with Crippen molar-refractivity contribution in [2.75, 3.05) is 25.0 Å². The molecule has 1 saturated carbocycles. The van der Waals surface area contributed by atoms with Gasteiger partial charge >= 0.3 is 0 Å². The van der Waals surface area contributed by atoms with Gasteiger partial charge in [-0.25, -0.2) is 0 Å². The number of hydrogen-bond acceptors (Lipinski definition) is 3. The van der Waals surface area contributed by atoms with Gasteiger partial charge in [-0.05, 0) is 31.4 Å². The molecule has 1 amide bonds. The van der Waals surface area contributed by atoms with Crippen LogP contribution < -0.4 is 15.5 Å². The highest BCUT2D eigenvalue weighted by molar-refractivity contribution is 6.31. The van der Waals surface area contributed by atoms with Crippen LogP contribution >= 0.6 is 11.6 Å². The average molecular weight is 310 g/mol. The van der Waals surface area contributed by atoms with Crippen LogP contribution in [0.4, 0.5) is 5.69 Å². The van der Waals surface area contributed by atoms with Gasteiger partial charge in [-0.15, -0.1) is 0 Å². The number of nitrogens with one attached hydrogen (secondary N) is 2. The summed E-state index contributed by atoms with van der Waals surface area (Å²) < 4.78 is 0. The molecule has 0 heterocycles. The van der Waals surface area contributed by atoms with Crippen molar-refractivity contribution in [3.8, 4) is 0 Å². The van der Waals surface area contributed by atoms with Gasteiger partial charge in [0.15, 0.2) is 0 Å². The van der Waals surface area contributed by atoms with Crippen molar-refractivity contribution in [2.45, 2.75) is 38.8 Å². The van der Waals surface area contributed by atoms with Gasteiger partial charge < -0.3 is 15.5 Å². The second-order valence-electron chi connectivity index (χ2n) is 5.60. The lowest BCUT2D eigenvalue weighted by Crippen LogP contribution is -2.36. The van der Waals surface area contributed by atoms with Crippen molar-refractivity contribution in [1.29, 1.82) is 0 Å².